The second-order valence-corrected chi connectivity index (χ2v) is 4.27. The predicted octanol–water partition coefficient (Wildman–Crippen LogP) is 2.81. The maximum absolute atomic E-state index is 5.48. The van der Waals surface area contributed by atoms with Crippen LogP contribution in [0.25, 0.3) is 0 Å². The standard InChI is InChI=1S/C5H6Cl4N2/c1-2-3(6)11-4(10)5(7,8)9/h2H,1H3,(H2,10,11)/b3-2+. The van der Waals surface area contributed by atoms with Crippen LogP contribution in [0.4, 0.5) is 0 Å². The molecule has 0 aromatic heterocycles. The van der Waals surface area contributed by atoms with Crippen LogP contribution in [-0.2, 0) is 0 Å². The first-order valence-electron chi connectivity index (χ1n) is 2.61. The normalized spacial score (nSPS) is 15.4. The van der Waals surface area contributed by atoms with Crippen molar-refractivity contribution in [2.45, 2.75) is 10.7 Å². The number of halogens is 4. The van der Waals surface area contributed by atoms with Crippen LogP contribution >= 0.6 is 46.4 Å². The molecule has 0 spiro atoms. The quantitative estimate of drug-likeness (QED) is 0.323. The maximum atomic E-state index is 5.48. The van der Waals surface area contributed by atoms with Crippen LogP contribution in [0.15, 0.2) is 16.2 Å². The van der Waals surface area contributed by atoms with Gasteiger partial charge in [0.1, 0.15) is 5.16 Å². The molecule has 64 valence electrons. The lowest BCUT2D eigenvalue weighted by atomic mass is 10.6. The van der Waals surface area contributed by atoms with Crippen molar-refractivity contribution in [3.63, 3.8) is 0 Å². The van der Waals surface area contributed by atoms with Gasteiger partial charge < -0.3 is 5.73 Å². The summed E-state index contributed by atoms with van der Waals surface area (Å²) in [5.74, 6) is -0.148. The molecule has 0 atom stereocenters. The van der Waals surface area contributed by atoms with Gasteiger partial charge in [-0.25, -0.2) is 4.99 Å². The van der Waals surface area contributed by atoms with E-state index in [1.54, 1.807) is 6.92 Å². The molecular weight excluding hydrogens is 230 g/mol. The van der Waals surface area contributed by atoms with E-state index in [1.165, 1.54) is 6.08 Å². The molecule has 0 saturated carbocycles. The van der Waals surface area contributed by atoms with Crippen LogP contribution in [0.1, 0.15) is 6.92 Å². The van der Waals surface area contributed by atoms with E-state index in [4.69, 9.17) is 52.1 Å². The molecule has 2 nitrogen and oxygen atoms in total. The molecule has 0 heterocycles. The van der Waals surface area contributed by atoms with Crippen LogP contribution in [0.2, 0.25) is 0 Å². The van der Waals surface area contributed by atoms with Gasteiger partial charge in [0.25, 0.3) is 0 Å². The molecule has 0 amide bonds. The number of aliphatic imine (C=N–C) groups is 1. The van der Waals surface area contributed by atoms with E-state index in [0.717, 1.165) is 0 Å². The fourth-order valence-corrected chi connectivity index (χ4v) is 0.461. The van der Waals surface area contributed by atoms with Gasteiger partial charge in [-0.15, -0.1) is 0 Å². The number of amidine groups is 1. The number of nitrogens with zero attached hydrogens (tertiary/aromatic N) is 1. The number of hydrogen-bond acceptors (Lipinski definition) is 1. The third kappa shape index (κ3) is 4.75. The molecule has 0 fully saturated rings. The minimum atomic E-state index is -1.69. The SMILES string of the molecule is C/C=C(Cl)/N=C(/N)C(Cl)(Cl)Cl. The Balaban J connectivity index is 4.48. The Hall–Kier alpha value is 0.370. The molecule has 0 aromatic carbocycles. The summed E-state index contributed by atoms with van der Waals surface area (Å²) in [6.45, 7) is 1.69. The van der Waals surface area contributed by atoms with Crippen LogP contribution in [0.5, 0.6) is 0 Å². The summed E-state index contributed by atoms with van der Waals surface area (Å²) in [6, 6.07) is 0. The molecule has 0 unspecified atom stereocenters. The second-order valence-electron chi connectivity index (χ2n) is 1.61. The van der Waals surface area contributed by atoms with Crippen molar-refractivity contribution in [1.29, 1.82) is 0 Å². The molecule has 0 radical (unpaired) electrons. The van der Waals surface area contributed by atoms with Crippen molar-refractivity contribution in [2.75, 3.05) is 0 Å². The van der Waals surface area contributed by atoms with E-state index >= 15 is 0 Å². The highest BCUT2D eigenvalue weighted by Crippen LogP contribution is 2.26. The van der Waals surface area contributed by atoms with Gasteiger partial charge in [0.15, 0.2) is 5.84 Å². The highest BCUT2D eigenvalue weighted by atomic mass is 35.6. The molecule has 2 N–H and O–H groups in total. The van der Waals surface area contributed by atoms with Gasteiger partial charge in [-0.1, -0.05) is 52.5 Å². The monoisotopic (exact) mass is 234 g/mol. The zero-order chi connectivity index (χ0) is 9.07. The fraction of sp³-hybridized carbons (Fsp3) is 0.400. The predicted molar refractivity (Wildman–Crippen MR) is 51.5 cm³/mol. The van der Waals surface area contributed by atoms with Crippen LogP contribution < -0.4 is 5.73 Å². The van der Waals surface area contributed by atoms with E-state index in [9.17, 15) is 0 Å². The van der Waals surface area contributed by atoms with Crippen LogP contribution in [0.3, 0.4) is 0 Å². The molecule has 6 heteroatoms. The molecule has 0 aliphatic heterocycles. The Morgan fingerprint density at radius 3 is 2.18 bits per heavy atom. The van der Waals surface area contributed by atoms with Gasteiger partial charge in [-0.2, -0.15) is 0 Å². The Bertz CT molecular complexity index is 191. The van der Waals surface area contributed by atoms with Gasteiger partial charge in [0.05, 0.1) is 0 Å². The smallest absolute Gasteiger partial charge is 0.247 e. The minimum Gasteiger partial charge on any atom is -0.384 e. The number of hydrogen-bond donors (Lipinski definition) is 1. The first-order valence-corrected chi connectivity index (χ1v) is 4.12. The molecule has 0 bridgehead atoms. The maximum Gasteiger partial charge on any atom is 0.247 e. The van der Waals surface area contributed by atoms with E-state index in [2.05, 4.69) is 4.99 Å². The van der Waals surface area contributed by atoms with Crippen LogP contribution in [-0.4, -0.2) is 9.63 Å². The second kappa shape index (κ2) is 4.41. The topological polar surface area (TPSA) is 38.4 Å². The first-order chi connectivity index (χ1) is 4.88. The van der Waals surface area contributed by atoms with E-state index < -0.39 is 3.79 Å². The molecule has 11 heavy (non-hydrogen) atoms. The summed E-state index contributed by atoms with van der Waals surface area (Å²) in [5, 5.41) is 0.189. The minimum absolute atomic E-state index is 0.148. The van der Waals surface area contributed by atoms with Gasteiger partial charge in [0, 0.05) is 0 Å². The van der Waals surface area contributed by atoms with E-state index in [-0.39, 0.29) is 11.0 Å². The Labute approximate surface area is 85.0 Å². The van der Waals surface area contributed by atoms with Gasteiger partial charge in [-0.05, 0) is 6.92 Å². The van der Waals surface area contributed by atoms with Crippen molar-refractivity contribution >= 4 is 52.2 Å². The molecule has 0 saturated heterocycles. The fourth-order valence-electron chi connectivity index (χ4n) is 0.243. The summed E-state index contributed by atoms with van der Waals surface area (Å²) in [4.78, 5) is 3.59. The Kier molecular flexibility index (Phi) is 4.56. The first kappa shape index (κ1) is 11.4. The molecule has 0 aromatic rings. The van der Waals surface area contributed by atoms with Gasteiger partial charge >= 0.3 is 0 Å². The Morgan fingerprint density at radius 1 is 1.45 bits per heavy atom. The van der Waals surface area contributed by atoms with E-state index in [1.807, 2.05) is 0 Å². The van der Waals surface area contributed by atoms with E-state index in [0.29, 0.717) is 0 Å². The summed E-state index contributed by atoms with van der Waals surface area (Å²) in [5.41, 5.74) is 5.26. The zero-order valence-electron chi connectivity index (χ0n) is 5.61. The summed E-state index contributed by atoms with van der Waals surface area (Å²) in [7, 11) is 0. The Morgan fingerprint density at radius 2 is 1.91 bits per heavy atom. The lowest BCUT2D eigenvalue weighted by molar-refractivity contribution is 1.35. The number of allylic oxidation sites excluding steroid dienone is 1. The number of rotatable bonds is 1. The average molecular weight is 236 g/mol. The lowest BCUT2D eigenvalue weighted by Crippen LogP contribution is -2.28. The summed E-state index contributed by atoms with van der Waals surface area (Å²) >= 11 is 21.6. The van der Waals surface area contributed by atoms with Crippen LogP contribution in [0, 0.1) is 0 Å². The van der Waals surface area contributed by atoms with Crippen molar-refractivity contribution in [2.24, 2.45) is 10.7 Å². The van der Waals surface area contributed by atoms with Crippen molar-refractivity contribution in [3.8, 4) is 0 Å². The molecule has 0 aliphatic carbocycles. The highest BCUT2D eigenvalue weighted by Gasteiger charge is 2.25. The summed E-state index contributed by atoms with van der Waals surface area (Å²) < 4.78 is -1.69. The highest BCUT2D eigenvalue weighted by molar-refractivity contribution is 6.76. The van der Waals surface area contributed by atoms with Crippen molar-refractivity contribution < 1.29 is 0 Å². The van der Waals surface area contributed by atoms with Crippen molar-refractivity contribution in [1.82, 2.24) is 0 Å². The third-order valence-electron chi connectivity index (χ3n) is 0.756. The largest absolute Gasteiger partial charge is 0.384 e. The molecular formula is C5H6Cl4N2. The number of alkyl halides is 3. The average Bonchev–Trinajstić information content (AvgIpc) is 1.85. The molecule has 0 aliphatic rings. The number of nitrogens with two attached hydrogens (primary N) is 1. The van der Waals surface area contributed by atoms with Crippen molar-refractivity contribution in [3.05, 3.63) is 11.2 Å². The van der Waals surface area contributed by atoms with Gasteiger partial charge in [-0.3, -0.25) is 0 Å². The zero-order valence-corrected chi connectivity index (χ0v) is 8.64. The third-order valence-corrected chi connectivity index (χ3v) is 1.64. The molecule has 0 rings (SSSR count). The lowest BCUT2D eigenvalue weighted by Gasteiger charge is -2.08. The summed E-state index contributed by atoms with van der Waals surface area (Å²) in [6.07, 6.45) is 1.53. The van der Waals surface area contributed by atoms with Gasteiger partial charge in [0.2, 0.25) is 3.79 Å².